The van der Waals surface area contributed by atoms with Crippen LogP contribution in [0.25, 0.3) is 88.1 Å². The molecule has 66 heavy (non-hydrogen) atoms. The normalized spacial score (nSPS) is 20.4. The van der Waals surface area contributed by atoms with Gasteiger partial charge in [0.25, 0.3) is 0 Å². The summed E-state index contributed by atoms with van der Waals surface area (Å²) in [7, 11) is 0. The van der Waals surface area contributed by atoms with Crippen LogP contribution in [0.15, 0.2) is 231 Å². The lowest BCUT2D eigenvalue weighted by atomic mass is 9.62. The van der Waals surface area contributed by atoms with Crippen molar-refractivity contribution in [1.29, 1.82) is 0 Å². The summed E-state index contributed by atoms with van der Waals surface area (Å²) in [5, 5.41) is 10.2. The number of hydrogen-bond donors (Lipinski definition) is 0. The molecule has 312 valence electrons. The van der Waals surface area contributed by atoms with E-state index in [1.165, 1.54) is 99.2 Å². The van der Waals surface area contributed by atoms with E-state index in [0.717, 1.165) is 0 Å². The first-order valence-corrected chi connectivity index (χ1v) is 23.5. The molecule has 1 aliphatic carbocycles. The molecule has 15 rings (SSSR count). The van der Waals surface area contributed by atoms with Crippen LogP contribution in [0, 0.1) is 0 Å². The molecule has 4 aromatic heterocycles. The molecule has 4 atom stereocenters. The maximum atomic E-state index is 2.64. The van der Waals surface area contributed by atoms with Gasteiger partial charge in [0.2, 0.25) is 0 Å². The summed E-state index contributed by atoms with van der Waals surface area (Å²) in [4.78, 5) is 0. The van der Waals surface area contributed by atoms with E-state index in [1.54, 1.807) is 0 Å². The maximum absolute atomic E-state index is 2.64. The zero-order valence-corrected chi connectivity index (χ0v) is 36.2. The predicted octanol–water partition coefficient (Wildman–Crippen LogP) is 15.6. The second-order valence-corrected chi connectivity index (χ2v) is 18.8. The molecule has 0 saturated heterocycles. The predicted molar refractivity (Wildman–Crippen MR) is 271 cm³/mol. The van der Waals surface area contributed by atoms with Crippen molar-refractivity contribution in [2.45, 2.75) is 36.0 Å². The van der Waals surface area contributed by atoms with Crippen molar-refractivity contribution in [2.75, 3.05) is 0 Å². The van der Waals surface area contributed by atoms with E-state index in [-0.39, 0.29) is 36.0 Å². The van der Waals surface area contributed by atoms with Crippen LogP contribution in [0.5, 0.6) is 0 Å². The van der Waals surface area contributed by atoms with Gasteiger partial charge < -0.3 is 18.3 Å². The van der Waals surface area contributed by atoms with Crippen LogP contribution in [-0.2, 0) is 0 Å². The summed E-state index contributed by atoms with van der Waals surface area (Å²) < 4.78 is 10.6. The first kappa shape index (κ1) is 36.3. The van der Waals surface area contributed by atoms with E-state index < -0.39 is 0 Å². The molecule has 4 heteroatoms. The second kappa shape index (κ2) is 13.7. The molecule has 6 heterocycles. The average Bonchev–Trinajstić information content (AvgIpc) is 4.22. The Kier molecular flexibility index (Phi) is 7.54. The molecule has 3 aliphatic rings. The molecular formula is C62H44N4. The van der Waals surface area contributed by atoms with E-state index in [0.29, 0.717) is 0 Å². The number of benzene rings is 8. The highest BCUT2D eigenvalue weighted by atomic mass is 15.2. The lowest BCUT2D eigenvalue weighted by Crippen LogP contribution is -2.50. The van der Waals surface area contributed by atoms with Crippen molar-refractivity contribution < 1.29 is 0 Å². The van der Waals surface area contributed by atoms with Gasteiger partial charge in [0.05, 0.1) is 46.9 Å². The topological polar surface area (TPSA) is 19.7 Å². The summed E-state index contributed by atoms with van der Waals surface area (Å²) in [5.41, 5.74) is 13.0. The van der Waals surface area contributed by atoms with Gasteiger partial charge in [-0.25, -0.2) is 0 Å². The van der Waals surface area contributed by atoms with Crippen molar-refractivity contribution in [3.8, 4) is 45.0 Å². The molecule has 0 N–H and O–H groups in total. The third-order valence-electron chi connectivity index (χ3n) is 15.8. The molecule has 2 aliphatic heterocycles. The Morgan fingerprint density at radius 1 is 0.258 bits per heavy atom. The summed E-state index contributed by atoms with van der Waals surface area (Å²) >= 11 is 0. The molecule has 4 nitrogen and oxygen atoms in total. The van der Waals surface area contributed by atoms with E-state index in [4.69, 9.17) is 0 Å². The van der Waals surface area contributed by atoms with Crippen molar-refractivity contribution in [2.24, 2.45) is 0 Å². The van der Waals surface area contributed by atoms with Gasteiger partial charge in [-0.1, -0.05) is 146 Å². The Hall–Kier alpha value is -8.08. The van der Waals surface area contributed by atoms with Crippen molar-refractivity contribution in [1.82, 2.24) is 18.3 Å². The maximum Gasteiger partial charge on any atom is 0.0651 e. The second-order valence-electron chi connectivity index (χ2n) is 18.8. The molecule has 0 bridgehead atoms. The number of rotatable bonds is 4. The van der Waals surface area contributed by atoms with Gasteiger partial charge in [-0.15, -0.1) is 0 Å². The van der Waals surface area contributed by atoms with Crippen molar-refractivity contribution in [3.05, 3.63) is 242 Å². The monoisotopic (exact) mass is 844 g/mol. The fourth-order valence-corrected chi connectivity index (χ4v) is 13.3. The highest BCUT2D eigenvalue weighted by molar-refractivity contribution is 6.13. The minimum Gasteiger partial charge on any atom is -0.340 e. The Bertz CT molecular complexity index is 3420. The van der Waals surface area contributed by atoms with Crippen LogP contribution in [0.3, 0.4) is 0 Å². The van der Waals surface area contributed by atoms with E-state index >= 15 is 0 Å². The van der Waals surface area contributed by atoms with E-state index in [2.05, 4.69) is 249 Å². The smallest absolute Gasteiger partial charge is 0.0651 e. The van der Waals surface area contributed by atoms with Crippen LogP contribution in [0.1, 0.15) is 47.1 Å². The largest absolute Gasteiger partial charge is 0.340 e. The van der Waals surface area contributed by atoms with Crippen molar-refractivity contribution in [3.63, 3.8) is 0 Å². The standard InChI is InChI=1S/C62H44N4/c1-5-17-47-43(13-1)37-44-14-2-6-18-48(44)55(47)39-25-29-41(30-26-39)57-59-61(65-35-11-23-53(65)51-21-9-33-63(51)59)58(62-60(57)64-34-10-22-52(64)54-24-12-36-66(54)62)42-31-27-40(28-32-42)56-49-19-7-3-15-45(49)38-46-16-4-8-20-50(46)56/h1-38,57-62H. The first-order chi connectivity index (χ1) is 32.8. The molecule has 4 unspecified atom stereocenters. The number of fused-ring (bicyclic) bond motifs is 16. The quantitative estimate of drug-likeness (QED) is 0.157. The number of hydrogen-bond acceptors (Lipinski definition) is 0. The Morgan fingerprint density at radius 3 is 0.818 bits per heavy atom. The summed E-state index contributed by atoms with van der Waals surface area (Å²) in [5.74, 6) is 0.276. The first-order valence-electron chi connectivity index (χ1n) is 23.5. The SMILES string of the molecule is c1ccc2c(-c3ccc(C4C5C(C(c6ccc(-c7c8ccccc8cc8ccccc78)cc6)C6C4n4cccc4-c4cccn46)n4cccc4-c4cccn45)cc3)c3ccccc3cc2c1. The molecule has 1 saturated carbocycles. The van der Waals surface area contributed by atoms with E-state index in [9.17, 15) is 0 Å². The zero-order chi connectivity index (χ0) is 43.0. The van der Waals surface area contributed by atoms with Crippen LogP contribution >= 0.6 is 0 Å². The summed E-state index contributed by atoms with van der Waals surface area (Å²) in [6.07, 6.45) is 9.44. The molecule has 8 aromatic carbocycles. The highest BCUT2D eigenvalue weighted by Gasteiger charge is 2.57. The lowest BCUT2D eigenvalue weighted by Gasteiger charge is -2.57. The molecule has 0 amide bonds. The Morgan fingerprint density at radius 2 is 0.530 bits per heavy atom. The van der Waals surface area contributed by atoms with Gasteiger partial charge in [0.15, 0.2) is 0 Å². The molecule has 0 radical (unpaired) electrons. The molecule has 1 fully saturated rings. The number of aromatic nitrogens is 4. The van der Waals surface area contributed by atoms with Crippen LogP contribution in [0.4, 0.5) is 0 Å². The Balaban J connectivity index is 0.946. The van der Waals surface area contributed by atoms with Crippen LogP contribution in [0.2, 0.25) is 0 Å². The Labute approximate surface area is 382 Å². The average molecular weight is 845 g/mol. The van der Waals surface area contributed by atoms with Gasteiger partial charge in [0, 0.05) is 36.6 Å². The minimum atomic E-state index is 0.124. The molecular weight excluding hydrogens is 801 g/mol. The summed E-state index contributed by atoms with van der Waals surface area (Å²) in [6.45, 7) is 0. The van der Waals surface area contributed by atoms with Crippen LogP contribution in [-0.4, -0.2) is 18.3 Å². The molecule has 12 aromatic rings. The van der Waals surface area contributed by atoms with Crippen LogP contribution < -0.4 is 0 Å². The zero-order valence-electron chi connectivity index (χ0n) is 36.2. The minimum absolute atomic E-state index is 0.124. The van der Waals surface area contributed by atoms with E-state index in [1.807, 2.05) is 0 Å². The van der Waals surface area contributed by atoms with Crippen molar-refractivity contribution >= 4 is 43.1 Å². The fourth-order valence-electron chi connectivity index (χ4n) is 13.3. The van der Waals surface area contributed by atoms with Gasteiger partial charge in [-0.05, 0) is 137 Å². The van der Waals surface area contributed by atoms with Gasteiger partial charge in [0.1, 0.15) is 0 Å². The van der Waals surface area contributed by atoms with Gasteiger partial charge in [-0.3, -0.25) is 0 Å². The lowest BCUT2D eigenvalue weighted by molar-refractivity contribution is 0.0688. The summed E-state index contributed by atoms with van der Waals surface area (Å²) in [6, 6.07) is 78.5. The third-order valence-corrected chi connectivity index (χ3v) is 15.8. The molecule has 0 spiro atoms. The number of nitrogens with zero attached hydrogens (tertiary/aromatic N) is 4. The van der Waals surface area contributed by atoms with Gasteiger partial charge in [-0.2, -0.15) is 0 Å². The fraction of sp³-hybridized carbons (Fsp3) is 0.0968. The highest BCUT2D eigenvalue weighted by Crippen LogP contribution is 2.66. The van der Waals surface area contributed by atoms with Gasteiger partial charge >= 0.3 is 0 Å². The third kappa shape index (κ3) is 4.99.